The molecule has 0 bridgehead atoms. The molecule has 6 aromatic rings. The monoisotopic (exact) mass is 729 g/mol. The maximum Gasteiger partial charge on any atom is 2.00 e. The number of rotatable bonds is 4. The third kappa shape index (κ3) is 6.17. The van der Waals surface area contributed by atoms with Gasteiger partial charge in [0.25, 0.3) is 0 Å². The maximum absolute atomic E-state index is 6.61. The molecule has 3 nitrogen and oxygen atoms in total. The summed E-state index contributed by atoms with van der Waals surface area (Å²) in [5.41, 5.74) is 5.70. The van der Waals surface area contributed by atoms with Crippen molar-refractivity contribution < 1.29 is 25.8 Å². The van der Waals surface area contributed by atoms with Crippen LogP contribution in [0, 0.1) is 12.1 Å². The van der Waals surface area contributed by atoms with Crippen molar-refractivity contribution in [1.82, 2.24) is 9.97 Å². The van der Waals surface area contributed by atoms with Crippen LogP contribution in [0.2, 0.25) is 0 Å². The van der Waals surface area contributed by atoms with Crippen LogP contribution >= 0.6 is 0 Å². The number of aromatic nitrogens is 2. The number of fused-ring (bicyclic) bond motifs is 2. The Morgan fingerprint density at radius 1 is 0.595 bits per heavy atom. The molecule has 0 spiro atoms. The molecule has 0 saturated heterocycles. The average molecular weight is 730 g/mol. The minimum absolute atomic E-state index is 0. The van der Waals surface area contributed by atoms with Crippen LogP contribution < -0.4 is 4.74 Å². The zero-order chi connectivity index (χ0) is 28.8. The third-order valence-corrected chi connectivity index (χ3v) is 7.48. The van der Waals surface area contributed by atoms with Gasteiger partial charge in [-0.05, 0) is 49.8 Å². The molecule has 212 valence electrons. The van der Waals surface area contributed by atoms with E-state index >= 15 is 0 Å². The molecule has 4 heteroatoms. The predicted octanol–water partition coefficient (Wildman–Crippen LogP) is 10.1. The second-order valence-corrected chi connectivity index (χ2v) is 12.7. The van der Waals surface area contributed by atoms with Gasteiger partial charge in [0.05, 0.1) is 0 Å². The second kappa shape index (κ2) is 11.5. The number of pyridine rings is 2. The van der Waals surface area contributed by atoms with Crippen LogP contribution in [-0.2, 0) is 31.9 Å². The van der Waals surface area contributed by atoms with E-state index < -0.39 is 0 Å². The van der Waals surface area contributed by atoms with E-state index in [-0.39, 0.29) is 31.9 Å². The van der Waals surface area contributed by atoms with Crippen LogP contribution in [0.25, 0.3) is 44.1 Å². The molecule has 0 saturated carbocycles. The maximum atomic E-state index is 6.61. The molecule has 6 rings (SSSR count). The molecule has 0 aliphatic carbocycles. The molecule has 0 radical (unpaired) electrons. The number of ether oxygens (including phenoxy) is 1. The van der Waals surface area contributed by atoms with E-state index in [1.54, 1.807) is 0 Å². The summed E-state index contributed by atoms with van der Waals surface area (Å²) < 4.78 is 6.61. The van der Waals surface area contributed by atoms with Crippen LogP contribution in [0.4, 0.5) is 0 Å². The van der Waals surface area contributed by atoms with Crippen molar-refractivity contribution >= 4 is 21.5 Å². The quantitative estimate of drug-likeness (QED) is 0.170. The summed E-state index contributed by atoms with van der Waals surface area (Å²) in [7, 11) is 0. The van der Waals surface area contributed by atoms with Gasteiger partial charge in [-0.25, -0.2) is 0 Å². The van der Waals surface area contributed by atoms with Gasteiger partial charge in [0.15, 0.2) is 0 Å². The second-order valence-electron chi connectivity index (χ2n) is 12.7. The molecule has 0 aliphatic rings. The smallest absolute Gasteiger partial charge is 0.497 e. The molecule has 0 N–H and O–H groups in total. The first-order valence-electron chi connectivity index (χ1n) is 14.1. The zero-order valence-corrected chi connectivity index (χ0v) is 27.1. The molecule has 0 amide bonds. The Morgan fingerprint density at radius 3 is 1.83 bits per heavy atom. The molecule has 4 aromatic carbocycles. The minimum atomic E-state index is -0.0936. The number of nitrogens with zero attached hydrogens (tertiary/aromatic N) is 2. The Balaban J connectivity index is 0.00000353. The SMILES string of the molecule is CC(C)(C)c1cc(Oc2[c-]c(-c3nccc4ccccc34)cc(C(C)(C)C)c2)[c-]c(-c2cc3ccccc3cn2)c1.[Pt+2]. The molecule has 0 fully saturated rings. The molecule has 42 heavy (non-hydrogen) atoms. The van der Waals surface area contributed by atoms with Crippen LogP contribution in [0.5, 0.6) is 11.5 Å². The summed E-state index contributed by atoms with van der Waals surface area (Å²) in [6, 6.07) is 36.3. The molecule has 2 aromatic heterocycles. The van der Waals surface area contributed by atoms with Crippen molar-refractivity contribution in [3.63, 3.8) is 0 Å². The number of hydrogen-bond donors (Lipinski definition) is 0. The Kier molecular flexibility index (Phi) is 8.10. The van der Waals surface area contributed by atoms with Gasteiger partial charge in [-0.1, -0.05) is 120 Å². The molecule has 2 heterocycles. The van der Waals surface area contributed by atoms with Crippen LogP contribution in [0.3, 0.4) is 0 Å². The van der Waals surface area contributed by atoms with Crippen molar-refractivity contribution in [2.45, 2.75) is 52.4 Å². The van der Waals surface area contributed by atoms with Crippen molar-refractivity contribution in [1.29, 1.82) is 0 Å². The van der Waals surface area contributed by atoms with E-state index in [1.165, 1.54) is 0 Å². The molecule has 0 aliphatic heterocycles. The molecular weight excluding hydrogens is 696 g/mol. The van der Waals surface area contributed by atoms with Gasteiger partial charge in [-0.15, -0.1) is 34.4 Å². The Labute approximate surface area is 263 Å². The fourth-order valence-corrected chi connectivity index (χ4v) is 5.01. The van der Waals surface area contributed by atoms with E-state index in [0.29, 0.717) is 11.5 Å². The normalized spacial score (nSPS) is 11.9. The largest absolute Gasteiger partial charge is 2.00 e. The fourth-order valence-electron chi connectivity index (χ4n) is 5.01. The Morgan fingerprint density at radius 2 is 1.17 bits per heavy atom. The summed E-state index contributed by atoms with van der Waals surface area (Å²) in [5.74, 6) is 1.28. The first kappa shape index (κ1) is 29.7. The van der Waals surface area contributed by atoms with Crippen molar-refractivity contribution in [3.05, 3.63) is 121 Å². The van der Waals surface area contributed by atoms with E-state index in [9.17, 15) is 0 Å². The van der Waals surface area contributed by atoms with E-state index in [2.05, 4.69) is 120 Å². The van der Waals surface area contributed by atoms with E-state index in [1.807, 2.05) is 30.6 Å². The topological polar surface area (TPSA) is 35.0 Å². The summed E-state index contributed by atoms with van der Waals surface area (Å²) in [4.78, 5) is 9.55. The van der Waals surface area contributed by atoms with Crippen molar-refractivity contribution in [3.8, 4) is 34.0 Å². The van der Waals surface area contributed by atoms with Crippen LogP contribution in [0.15, 0.2) is 97.3 Å². The fraction of sp³-hybridized carbons (Fsp3) is 0.211. The van der Waals surface area contributed by atoms with Gasteiger partial charge in [-0.3, -0.25) is 0 Å². The predicted molar refractivity (Wildman–Crippen MR) is 170 cm³/mol. The van der Waals surface area contributed by atoms with Gasteiger partial charge in [-0.2, -0.15) is 0 Å². The van der Waals surface area contributed by atoms with Gasteiger partial charge in [0, 0.05) is 23.9 Å². The van der Waals surface area contributed by atoms with Gasteiger partial charge >= 0.3 is 21.1 Å². The van der Waals surface area contributed by atoms with E-state index in [4.69, 9.17) is 14.7 Å². The first-order valence-corrected chi connectivity index (χ1v) is 14.1. The van der Waals surface area contributed by atoms with Gasteiger partial charge in [0.1, 0.15) is 0 Å². The summed E-state index contributed by atoms with van der Waals surface area (Å²) in [6.07, 6.45) is 3.78. The number of hydrogen-bond acceptors (Lipinski definition) is 3. The van der Waals surface area contributed by atoms with Crippen molar-refractivity contribution in [2.75, 3.05) is 0 Å². The third-order valence-electron chi connectivity index (χ3n) is 7.48. The number of benzene rings is 4. The summed E-state index contributed by atoms with van der Waals surface area (Å²) in [5, 5.41) is 4.50. The first-order chi connectivity index (χ1) is 19.5. The van der Waals surface area contributed by atoms with Crippen LogP contribution in [0.1, 0.15) is 52.7 Å². The summed E-state index contributed by atoms with van der Waals surface area (Å²) in [6.45, 7) is 13.3. The van der Waals surface area contributed by atoms with Crippen molar-refractivity contribution in [2.24, 2.45) is 0 Å². The van der Waals surface area contributed by atoms with Crippen LogP contribution in [-0.4, -0.2) is 9.97 Å². The van der Waals surface area contributed by atoms with Gasteiger partial charge < -0.3 is 14.7 Å². The molecule has 0 unspecified atom stereocenters. The molecular formula is C38H34N2OPt. The van der Waals surface area contributed by atoms with Gasteiger partial charge in [0.2, 0.25) is 0 Å². The Bertz CT molecular complexity index is 1890. The minimum Gasteiger partial charge on any atom is -0.497 e. The zero-order valence-electron chi connectivity index (χ0n) is 24.9. The Hall–Kier alpha value is -3.81. The van der Waals surface area contributed by atoms with E-state index in [0.717, 1.165) is 55.2 Å². The average Bonchev–Trinajstić information content (AvgIpc) is 2.95. The standard InChI is InChI=1S/C38H34N2O.Pt/c1-37(2,3)30-17-28(35-21-26-12-7-8-13-27(26)24-40-35)19-32(22-30)41-33-20-29(18-31(23-33)38(4,5)6)36-34-14-10-9-11-25(34)15-16-39-36;/h7-18,21-24H,1-6H3;/q-2;+2. The molecule has 0 atom stereocenters. The summed E-state index contributed by atoms with van der Waals surface area (Å²) >= 11 is 0.